The SMILES string of the molecule is CCCCS(=O)(=O)[O-].c1ccc([S+](c2ccccc2)c2ccccc2)cc1. The summed E-state index contributed by atoms with van der Waals surface area (Å²) in [6, 6.07) is 32.2. The summed E-state index contributed by atoms with van der Waals surface area (Å²) < 4.78 is 29.5. The quantitative estimate of drug-likeness (QED) is 0.426. The van der Waals surface area contributed by atoms with Gasteiger partial charge in [0.15, 0.2) is 14.7 Å². The third kappa shape index (κ3) is 7.59. The molecule has 0 aliphatic carbocycles. The lowest BCUT2D eigenvalue weighted by atomic mass is 10.4. The zero-order valence-corrected chi connectivity index (χ0v) is 17.0. The summed E-state index contributed by atoms with van der Waals surface area (Å²) in [5.74, 6) is -0.219. The molecule has 0 spiro atoms. The van der Waals surface area contributed by atoms with Crippen LogP contribution >= 0.6 is 0 Å². The molecule has 0 aliphatic heterocycles. The molecule has 3 nitrogen and oxygen atoms in total. The van der Waals surface area contributed by atoms with Gasteiger partial charge < -0.3 is 4.55 Å². The molecule has 27 heavy (non-hydrogen) atoms. The Balaban J connectivity index is 0.000000279. The molecule has 0 aromatic heterocycles. The Hall–Kier alpha value is -2.08. The molecule has 3 aromatic rings. The van der Waals surface area contributed by atoms with E-state index in [0.717, 1.165) is 6.42 Å². The van der Waals surface area contributed by atoms with Crippen LogP contribution in [-0.2, 0) is 21.0 Å². The van der Waals surface area contributed by atoms with E-state index in [1.54, 1.807) is 0 Å². The van der Waals surface area contributed by atoms with E-state index in [2.05, 4.69) is 91.0 Å². The lowest BCUT2D eigenvalue weighted by Gasteiger charge is -2.07. The van der Waals surface area contributed by atoms with Crippen molar-refractivity contribution in [1.82, 2.24) is 0 Å². The van der Waals surface area contributed by atoms with Crippen molar-refractivity contribution in [2.75, 3.05) is 5.75 Å². The highest BCUT2D eigenvalue weighted by Crippen LogP contribution is 2.30. The maximum atomic E-state index is 9.83. The predicted octanol–water partition coefficient (Wildman–Crippen LogP) is 5.11. The lowest BCUT2D eigenvalue weighted by Crippen LogP contribution is -2.04. The van der Waals surface area contributed by atoms with E-state index in [1.807, 2.05) is 6.92 Å². The highest BCUT2D eigenvalue weighted by Gasteiger charge is 2.27. The molecule has 3 rings (SSSR count). The third-order valence-electron chi connectivity index (χ3n) is 3.68. The summed E-state index contributed by atoms with van der Waals surface area (Å²) in [5.41, 5.74) is 0. The van der Waals surface area contributed by atoms with Crippen molar-refractivity contribution in [2.45, 2.75) is 34.5 Å². The first kappa shape index (κ1) is 21.2. The van der Waals surface area contributed by atoms with E-state index in [-0.39, 0.29) is 16.6 Å². The van der Waals surface area contributed by atoms with Gasteiger partial charge in [-0.05, 0) is 42.8 Å². The Bertz CT molecular complexity index is 787. The van der Waals surface area contributed by atoms with Gasteiger partial charge in [-0.15, -0.1) is 0 Å². The van der Waals surface area contributed by atoms with Crippen LogP contribution in [-0.4, -0.2) is 18.7 Å². The predicted molar refractivity (Wildman–Crippen MR) is 111 cm³/mol. The van der Waals surface area contributed by atoms with Gasteiger partial charge in [0.1, 0.15) is 0 Å². The fourth-order valence-corrected chi connectivity index (χ4v) is 5.15. The number of unbranched alkanes of at least 4 members (excludes halogenated alkanes) is 1. The Morgan fingerprint density at radius 2 is 1.04 bits per heavy atom. The minimum Gasteiger partial charge on any atom is -0.748 e. The van der Waals surface area contributed by atoms with Crippen LogP contribution in [0.2, 0.25) is 0 Å². The van der Waals surface area contributed by atoms with E-state index in [4.69, 9.17) is 0 Å². The minimum atomic E-state index is -3.94. The highest BCUT2D eigenvalue weighted by atomic mass is 32.2. The number of benzene rings is 3. The number of hydrogen-bond acceptors (Lipinski definition) is 3. The summed E-state index contributed by atoms with van der Waals surface area (Å²) in [4.78, 5) is 4.08. The minimum absolute atomic E-state index is 0.0146. The Morgan fingerprint density at radius 1 is 0.704 bits per heavy atom. The second kappa shape index (κ2) is 10.9. The van der Waals surface area contributed by atoms with Gasteiger partial charge in [-0.25, -0.2) is 8.42 Å². The van der Waals surface area contributed by atoms with Gasteiger partial charge in [0.05, 0.1) is 21.0 Å². The van der Waals surface area contributed by atoms with Crippen LogP contribution in [0.5, 0.6) is 0 Å². The van der Waals surface area contributed by atoms with Crippen LogP contribution in [0, 0.1) is 0 Å². The largest absolute Gasteiger partial charge is 0.748 e. The molecule has 0 saturated carbocycles. The molecule has 0 amide bonds. The van der Waals surface area contributed by atoms with Gasteiger partial charge >= 0.3 is 0 Å². The first-order valence-electron chi connectivity index (χ1n) is 8.84. The van der Waals surface area contributed by atoms with Crippen LogP contribution in [0.3, 0.4) is 0 Å². The van der Waals surface area contributed by atoms with Gasteiger partial charge in [-0.3, -0.25) is 0 Å². The van der Waals surface area contributed by atoms with Gasteiger partial charge in [0.2, 0.25) is 0 Å². The van der Waals surface area contributed by atoms with Gasteiger partial charge in [0.25, 0.3) is 0 Å². The molecule has 0 saturated heterocycles. The van der Waals surface area contributed by atoms with Crippen LogP contribution in [0.4, 0.5) is 0 Å². The molecule has 0 radical (unpaired) electrons. The Kier molecular flexibility index (Phi) is 8.58. The normalized spacial score (nSPS) is 10.9. The van der Waals surface area contributed by atoms with Crippen molar-refractivity contribution in [1.29, 1.82) is 0 Å². The molecule has 5 heteroatoms. The zero-order valence-electron chi connectivity index (χ0n) is 15.3. The first-order valence-corrected chi connectivity index (χ1v) is 11.6. The smallest absolute Gasteiger partial charge is 0.166 e. The molecule has 0 N–H and O–H groups in total. The maximum absolute atomic E-state index is 9.83. The lowest BCUT2D eigenvalue weighted by molar-refractivity contribution is 0.461. The van der Waals surface area contributed by atoms with Gasteiger partial charge in [0, 0.05) is 5.75 Å². The Labute approximate surface area is 165 Å². The summed E-state index contributed by atoms with van der Waals surface area (Å²) in [5, 5.41) is 0. The van der Waals surface area contributed by atoms with E-state index < -0.39 is 10.1 Å². The van der Waals surface area contributed by atoms with Crippen molar-refractivity contribution in [3.63, 3.8) is 0 Å². The summed E-state index contributed by atoms with van der Waals surface area (Å²) >= 11 is 0. The van der Waals surface area contributed by atoms with E-state index in [1.165, 1.54) is 14.7 Å². The Morgan fingerprint density at radius 3 is 1.26 bits per heavy atom. The molecular formula is C22H24O3S2. The topological polar surface area (TPSA) is 57.2 Å². The molecule has 0 aliphatic rings. The van der Waals surface area contributed by atoms with Gasteiger partial charge in [-0.2, -0.15) is 0 Å². The maximum Gasteiger partial charge on any atom is 0.166 e. The summed E-state index contributed by atoms with van der Waals surface area (Å²) in [6.45, 7) is 1.84. The molecule has 0 unspecified atom stereocenters. The highest BCUT2D eigenvalue weighted by molar-refractivity contribution is 7.97. The average Bonchev–Trinajstić information content (AvgIpc) is 2.69. The van der Waals surface area contributed by atoms with Crippen LogP contribution in [0.15, 0.2) is 106 Å². The standard InChI is InChI=1S/C18H15S.C4H10O3S/c1-4-10-16(11-5-1)19(17-12-6-2-7-13-17)18-14-8-3-9-15-18;1-2-3-4-8(5,6)7/h1-15H;2-4H2,1H3,(H,5,6,7)/q+1;/p-1. The van der Waals surface area contributed by atoms with E-state index >= 15 is 0 Å². The average molecular weight is 401 g/mol. The van der Waals surface area contributed by atoms with Gasteiger partial charge in [-0.1, -0.05) is 67.9 Å². The zero-order chi connectivity index (χ0) is 19.5. The number of rotatable bonds is 6. The third-order valence-corrected chi connectivity index (χ3v) is 6.70. The first-order chi connectivity index (χ1) is 13.0. The van der Waals surface area contributed by atoms with Crippen molar-refractivity contribution in [3.8, 4) is 0 Å². The van der Waals surface area contributed by atoms with Crippen molar-refractivity contribution < 1.29 is 13.0 Å². The molecule has 0 bridgehead atoms. The van der Waals surface area contributed by atoms with Crippen molar-refractivity contribution >= 4 is 21.0 Å². The molecule has 0 atom stereocenters. The molecule has 0 heterocycles. The van der Waals surface area contributed by atoms with Crippen molar-refractivity contribution in [2.24, 2.45) is 0 Å². The fraction of sp³-hybridized carbons (Fsp3) is 0.182. The molecule has 3 aromatic carbocycles. The van der Waals surface area contributed by atoms with Crippen LogP contribution < -0.4 is 0 Å². The van der Waals surface area contributed by atoms with E-state index in [0.29, 0.717) is 6.42 Å². The fourth-order valence-electron chi connectivity index (χ4n) is 2.40. The molecular weight excluding hydrogens is 376 g/mol. The van der Waals surface area contributed by atoms with Crippen LogP contribution in [0.25, 0.3) is 0 Å². The molecule has 142 valence electrons. The summed E-state index contributed by atoms with van der Waals surface area (Å²) in [6.07, 6.45) is 1.23. The van der Waals surface area contributed by atoms with Crippen LogP contribution in [0.1, 0.15) is 19.8 Å². The monoisotopic (exact) mass is 400 g/mol. The number of hydrogen-bond donors (Lipinski definition) is 0. The summed E-state index contributed by atoms with van der Waals surface area (Å²) in [7, 11) is -3.95. The second-order valence-electron chi connectivity index (χ2n) is 5.86. The molecule has 0 fully saturated rings. The second-order valence-corrected chi connectivity index (χ2v) is 9.41. The van der Waals surface area contributed by atoms with E-state index in [9.17, 15) is 13.0 Å². The van der Waals surface area contributed by atoms with Crippen molar-refractivity contribution in [3.05, 3.63) is 91.0 Å².